The lowest BCUT2D eigenvalue weighted by molar-refractivity contribution is 0.0591. The van der Waals surface area contributed by atoms with E-state index in [2.05, 4.69) is 24.9 Å². The molecule has 30 heavy (non-hydrogen) atoms. The number of ether oxygens (including phenoxy) is 2. The van der Waals surface area contributed by atoms with E-state index < -0.39 is 0 Å². The fourth-order valence-electron chi connectivity index (χ4n) is 4.06. The monoisotopic (exact) mass is 401 g/mol. The van der Waals surface area contributed by atoms with Crippen molar-refractivity contribution in [2.24, 2.45) is 0 Å². The van der Waals surface area contributed by atoms with Gasteiger partial charge in [0, 0.05) is 21.9 Å². The van der Waals surface area contributed by atoms with Gasteiger partial charge >= 0.3 is 11.9 Å². The van der Waals surface area contributed by atoms with Crippen LogP contribution in [0.2, 0.25) is 0 Å². The first-order valence-corrected chi connectivity index (χ1v) is 9.80. The third-order valence-electron chi connectivity index (χ3n) is 5.42. The molecule has 1 N–H and O–H groups in total. The van der Waals surface area contributed by atoms with E-state index >= 15 is 0 Å². The van der Waals surface area contributed by atoms with Gasteiger partial charge in [0.25, 0.3) is 0 Å². The average Bonchev–Trinajstić information content (AvgIpc) is 3.16. The zero-order chi connectivity index (χ0) is 21.4. The minimum absolute atomic E-state index is 0.122. The predicted octanol–water partition coefficient (Wildman–Crippen LogP) is 5.68. The molecular formula is C25H23NO4. The molecule has 0 spiro atoms. The zero-order valence-corrected chi connectivity index (χ0v) is 17.4. The van der Waals surface area contributed by atoms with E-state index in [1.165, 1.54) is 14.2 Å². The molecule has 0 bridgehead atoms. The van der Waals surface area contributed by atoms with Crippen molar-refractivity contribution < 1.29 is 19.1 Å². The Morgan fingerprint density at radius 3 is 2.20 bits per heavy atom. The number of para-hydroxylation sites is 1. The van der Waals surface area contributed by atoms with Crippen molar-refractivity contribution in [1.29, 1.82) is 0 Å². The number of carbonyl (C=O) groups is 2. The fraction of sp³-hybridized carbons (Fsp3) is 0.200. The smallest absolute Gasteiger partial charge is 0.338 e. The van der Waals surface area contributed by atoms with Crippen molar-refractivity contribution in [3.63, 3.8) is 0 Å². The number of H-pyrrole nitrogens is 1. The molecule has 0 aliphatic carbocycles. The molecule has 0 saturated heterocycles. The van der Waals surface area contributed by atoms with E-state index in [9.17, 15) is 9.59 Å². The molecule has 0 aliphatic heterocycles. The highest BCUT2D eigenvalue weighted by atomic mass is 16.5. The van der Waals surface area contributed by atoms with Crippen LogP contribution in [0.3, 0.4) is 0 Å². The Morgan fingerprint density at radius 2 is 1.57 bits per heavy atom. The second-order valence-electron chi connectivity index (χ2n) is 7.52. The maximum atomic E-state index is 12.7. The van der Waals surface area contributed by atoms with Crippen LogP contribution < -0.4 is 0 Å². The zero-order valence-electron chi connectivity index (χ0n) is 17.4. The molecule has 4 aromatic rings. The Hall–Kier alpha value is -3.60. The number of esters is 2. The number of methoxy groups -OCH3 is 2. The van der Waals surface area contributed by atoms with Gasteiger partial charge in [-0.05, 0) is 41.3 Å². The average molecular weight is 401 g/mol. The topological polar surface area (TPSA) is 68.4 Å². The van der Waals surface area contributed by atoms with E-state index in [0.29, 0.717) is 11.1 Å². The number of aromatic nitrogens is 1. The number of aromatic amines is 1. The standard InChI is InChI=1S/C25H23NO4/c1-14(2)21-19(25(28)30-4)13-18(15-9-11-16(12-10-15)24(27)29-3)23-22(21)17-7-5-6-8-20(17)26-23/h5-14,26H,1-4H3. The van der Waals surface area contributed by atoms with E-state index in [0.717, 1.165) is 38.5 Å². The minimum atomic E-state index is -0.386. The molecule has 0 saturated carbocycles. The lowest BCUT2D eigenvalue weighted by atomic mass is 9.88. The summed E-state index contributed by atoms with van der Waals surface area (Å²) in [7, 11) is 2.76. The van der Waals surface area contributed by atoms with Crippen LogP contribution in [0.15, 0.2) is 54.6 Å². The normalized spacial score (nSPS) is 11.2. The van der Waals surface area contributed by atoms with Gasteiger partial charge < -0.3 is 14.5 Å². The number of hydrogen-bond acceptors (Lipinski definition) is 4. The second kappa shape index (κ2) is 7.67. The SMILES string of the molecule is COC(=O)c1ccc(-c2cc(C(=O)OC)c(C(C)C)c3c2[nH]c2ccccc23)cc1. The Balaban J connectivity index is 2.08. The van der Waals surface area contributed by atoms with Crippen molar-refractivity contribution in [1.82, 2.24) is 4.98 Å². The van der Waals surface area contributed by atoms with Gasteiger partial charge in [0.1, 0.15) is 0 Å². The summed E-state index contributed by atoms with van der Waals surface area (Å²) in [5, 5.41) is 2.09. The van der Waals surface area contributed by atoms with Crippen LogP contribution in [0.1, 0.15) is 46.0 Å². The van der Waals surface area contributed by atoms with Gasteiger partial charge in [-0.1, -0.05) is 44.2 Å². The molecule has 1 aromatic heterocycles. The summed E-state index contributed by atoms with van der Waals surface area (Å²) in [6.45, 7) is 4.15. The number of hydrogen-bond donors (Lipinski definition) is 1. The Labute approximate surface area is 174 Å². The Kier molecular flexibility index (Phi) is 5.04. The molecule has 0 aliphatic rings. The summed E-state index contributed by atoms with van der Waals surface area (Å²) in [5.74, 6) is -0.627. The molecule has 0 radical (unpaired) electrons. The molecule has 5 heteroatoms. The number of nitrogens with one attached hydrogen (secondary N) is 1. The summed E-state index contributed by atoms with van der Waals surface area (Å²) in [4.78, 5) is 28.0. The molecule has 0 unspecified atom stereocenters. The van der Waals surface area contributed by atoms with Gasteiger partial charge in [0.15, 0.2) is 0 Å². The second-order valence-corrected chi connectivity index (χ2v) is 7.52. The van der Waals surface area contributed by atoms with Crippen LogP contribution in [0.5, 0.6) is 0 Å². The highest BCUT2D eigenvalue weighted by Gasteiger charge is 2.23. The van der Waals surface area contributed by atoms with Crippen LogP contribution in [-0.2, 0) is 9.47 Å². The van der Waals surface area contributed by atoms with E-state index in [1.807, 2.05) is 36.4 Å². The van der Waals surface area contributed by atoms with Gasteiger partial charge in [-0.25, -0.2) is 9.59 Å². The van der Waals surface area contributed by atoms with E-state index in [-0.39, 0.29) is 17.9 Å². The Bertz CT molecular complexity index is 1270. The van der Waals surface area contributed by atoms with Crippen molar-refractivity contribution in [3.8, 4) is 11.1 Å². The molecule has 4 rings (SSSR count). The third kappa shape index (κ3) is 3.12. The largest absolute Gasteiger partial charge is 0.465 e. The summed E-state index contributed by atoms with van der Waals surface area (Å²) >= 11 is 0. The van der Waals surface area contributed by atoms with Crippen LogP contribution in [-0.4, -0.2) is 31.1 Å². The molecule has 152 valence electrons. The summed E-state index contributed by atoms with van der Waals surface area (Å²) in [6, 6.07) is 17.1. The minimum Gasteiger partial charge on any atom is -0.465 e. The fourth-order valence-corrected chi connectivity index (χ4v) is 4.06. The maximum absolute atomic E-state index is 12.7. The lowest BCUT2D eigenvalue weighted by Crippen LogP contribution is -2.08. The highest BCUT2D eigenvalue weighted by molar-refractivity contribution is 6.16. The molecular weight excluding hydrogens is 378 g/mol. The quantitative estimate of drug-likeness (QED) is 0.446. The van der Waals surface area contributed by atoms with Crippen LogP contribution in [0, 0.1) is 0 Å². The van der Waals surface area contributed by atoms with Crippen LogP contribution in [0.4, 0.5) is 0 Å². The van der Waals surface area contributed by atoms with E-state index in [1.54, 1.807) is 12.1 Å². The van der Waals surface area contributed by atoms with Gasteiger partial charge in [-0.2, -0.15) is 0 Å². The molecule has 1 heterocycles. The summed E-state index contributed by atoms with van der Waals surface area (Å²) in [6.07, 6.45) is 0. The summed E-state index contributed by atoms with van der Waals surface area (Å²) < 4.78 is 9.90. The maximum Gasteiger partial charge on any atom is 0.338 e. The van der Waals surface area contributed by atoms with Crippen LogP contribution in [0.25, 0.3) is 32.9 Å². The molecule has 5 nitrogen and oxygen atoms in total. The molecule has 3 aromatic carbocycles. The highest BCUT2D eigenvalue weighted by Crippen LogP contribution is 2.40. The number of carbonyl (C=O) groups excluding carboxylic acids is 2. The lowest BCUT2D eigenvalue weighted by Gasteiger charge is -2.16. The Morgan fingerprint density at radius 1 is 0.900 bits per heavy atom. The summed E-state index contributed by atoms with van der Waals surface area (Å²) in [5.41, 5.74) is 5.71. The van der Waals surface area contributed by atoms with Crippen molar-refractivity contribution in [2.75, 3.05) is 14.2 Å². The first-order valence-electron chi connectivity index (χ1n) is 9.80. The number of rotatable bonds is 4. The van der Waals surface area contributed by atoms with Crippen molar-refractivity contribution >= 4 is 33.7 Å². The molecule has 0 amide bonds. The molecule has 0 fully saturated rings. The number of benzene rings is 3. The van der Waals surface area contributed by atoms with Crippen molar-refractivity contribution in [3.05, 3.63) is 71.3 Å². The van der Waals surface area contributed by atoms with Gasteiger partial charge in [-0.3, -0.25) is 0 Å². The predicted molar refractivity (Wildman–Crippen MR) is 118 cm³/mol. The van der Waals surface area contributed by atoms with Crippen molar-refractivity contribution in [2.45, 2.75) is 19.8 Å². The van der Waals surface area contributed by atoms with Gasteiger partial charge in [0.2, 0.25) is 0 Å². The first kappa shape index (κ1) is 19.7. The van der Waals surface area contributed by atoms with Gasteiger partial charge in [-0.15, -0.1) is 0 Å². The van der Waals surface area contributed by atoms with Crippen LogP contribution >= 0.6 is 0 Å². The van der Waals surface area contributed by atoms with E-state index in [4.69, 9.17) is 9.47 Å². The molecule has 0 atom stereocenters. The first-order chi connectivity index (χ1) is 14.5. The third-order valence-corrected chi connectivity index (χ3v) is 5.42. The van der Waals surface area contributed by atoms with Gasteiger partial charge in [0.05, 0.1) is 30.9 Å². The number of fused-ring (bicyclic) bond motifs is 3.